The molecule has 11 nitrogen and oxygen atoms in total. The maximum atomic E-state index is 14.4. The van der Waals surface area contributed by atoms with Crippen LogP contribution in [0, 0.1) is 0 Å². The van der Waals surface area contributed by atoms with Crippen LogP contribution in [0.4, 0.5) is 5.82 Å². The van der Waals surface area contributed by atoms with Crippen molar-refractivity contribution in [3.05, 3.63) is 60.4 Å². The van der Waals surface area contributed by atoms with E-state index in [0.717, 1.165) is 29.3 Å². The normalized spacial score (nSPS) is 15.2. The Bertz CT molecular complexity index is 1610. The van der Waals surface area contributed by atoms with Crippen molar-refractivity contribution in [3.8, 4) is 5.75 Å². The molecule has 3 N–H and O–H groups in total. The Labute approximate surface area is 259 Å². The zero-order chi connectivity index (χ0) is 31.9. The quantitative estimate of drug-likeness (QED) is 0.102. The van der Waals surface area contributed by atoms with Crippen LogP contribution in [-0.4, -0.2) is 45.9 Å². The molecule has 2 aromatic heterocycles. The van der Waals surface area contributed by atoms with Gasteiger partial charge in [0.05, 0.1) is 29.3 Å². The molecule has 3 atom stereocenters. The number of carbonyl (C=O) groups excluding carboxylic acids is 1. The number of benzene rings is 2. The summed E-state index contributed by atoms with van der Waals surface area (Å²) in [5.74, 6) is 0.724. The maximum Gasteiger partial charge on any atom is 0.459 e. The van der Waals surface area contributed by atoms with Crippen LogP contribution < -0.4 is 15.3 Å². The third-order valence-corrected chi connectivity index (χ3v) is 8.83. The van der Waals surface area contributed by atoms with Crippen molar-refractivity contribution in [3.63, 3.8) is 0 Å². The van der Waals surface area contributed by atoms with E-state index in [1.54, 1.807) is 45.0 Å². The van der Waals surface area contributed by atoms with Crippen LogP contribution in [0.5, 0.6) is 5.75 Å². The van der Waals surface area contributed by atoms with Gasteiger partial charge in [-0.25, -0.2) is 14.5 Å². The number of fused-ring (bicyclic) bond motifs is 3. The van der Waals surface area contributed by atoms with Crippen molar-refractivity contribution < 1.29 is 27.9 Å². The Morgan fingerprint density at radius 2 is 1.77 bits per heavy atom. The van der Waals surface area contributed by atoms with Gasteiger partial charge < -0.3 is 24.3 Å². The molecule has 0 aliphatic rings. The molecule has 238 valence electrons. The number of ether oxygens (including phenoxy) is 2. The van der Waals surface area contributed by atoms with Crippen LogP contribution >= 0.6 is 7.75 Å². The summed E-state index contributed by atoms with van der Waals surface area (Å²) in [6, 6.07) is 15.5. The molecule has 0 bridgehead atoms. The first-order valence-corrected chi connectivity index (χ1v) is 16.7. The van der Waals surface area contributed by atoms with Gasteiger partial charge in [0.15, 0.2) is 5.82 Å². The number of para-hydroxylation sites is 2. The Morgan fingerprint density at radius 3 is 2.45 bits per heavy atom. The van der Waals surface area contributed by atoms with Gasteiger partial charge in [0.2, 0.25) is 0 Å². The second-order valence-electron chi connectivity index (χ2n) is 11.3. The molecule has 4 rings (SSSR count). The fourth-order valence-corrected chi connectivity index (χ4v) is 6.69. The highest BCUT2D eigenvalue weighted by Crippen LogP contribution is 2.47. The summed E-state index contributed by atoms with van der Waals surface area (Å²) >= 11 is 0. The minimum atomic E-state index is -4.13. The molecular weight excluding hydrogens is 581 g/mol. The van der Waals surface area contributed by atoms with E-state index in [9.17, 15) is 9.36 Å². The minimum Gasteiger partial charge on any atom is -0.462 e. The van der Waals surface area contributed by atoms with Crippen LogP contribution in [0.25, 0.3) is 21.9 Å². The first kappa shape index (κ1) is 33.4. The van der Waals surface area contributed by atoms with Crippen molar-refractivity contribution in [2.24, 2.45) is 0 Å². The summed E-state index contributed by atoms with van der Waals surface area (Å²) in [4.78, 5) is 22.2. The fraction of sp³-hybridized carbons (Fsp3) is 0.469. The molecule has 2 heterocycles. The summed E-state index contributed by atoms with van der Waals surface area (Å²) in [5, 5.41) is 3.68. The zero-order valence-corrected chi connectivity index (χ0v) is 27.3. The molecule has 0 fully saturated rings. The largest absolute Gasteiger partial charge is 0.462 e. The zero-order valence-electron chi connectivity index (χ0n) is 26.4. The van der Waals surface area contributed by atoms with Gasteiger partial charge >= 0.3 is 13.7 Å². The van der Waals surface area contributed by atoms with Crippen molar-refractivity contribution in [1.29, 1.82) is 0 Å². The van der Waals surface area contributed by atoms with E-state index in [1.807, 2.05) is 44.2 Å². The molecule has 0 aliphatic heterocycles. The van der Waals surface area contributed by atoms with Gasteiger partial charge in [-0.05, 0) is 59.2 Å². The molecule has 44 heavy (non-hydrogen) atoms. The number of imidazole rings is 1. The molecule has 2 aromatic carbocycles. The summed E-state index contributed by atoms with van der Waals surface area (Å²) < 4.78 is 39.9. The highest BCUT2D eigenvalue weighted by molar-refractivity contribution is 7.52. The van der Waals surface area contributed by atoms with E-state index in [0.29, 0.717) is 35.9 Å². The molecule has 0 spiro atoms. The average Bonchev–Trinajstić information content (AvgIpc) is 3.39. The van der Waals surface area contributed by atoms with Gasteiger partial charge in [-0.1, -0.05) is 56.2 Å². The number of hydrogen-bond donors (Lipinski definition) is 2. The number of pyridine rings is 1. The van der Waals surface area contributed by atoms with Crippen LogP contribution in [0.1, 0.15) is 66.6 Å². The predicted molar refractivity (Wildman–Crippen MR) is 172 cm³/mol. The number of nitrogens with one attached hydrogen (secondary N) is 1. The minimum absolute atomic E-state index is 0.0444. The second-order valence-corrected chi connectivity index (χ2v) is 13.0. The van der Waals surface area contributed by atoms with Gasteiger partial charge in [-0.3, -0.25) is 9.32 Å². The van der Waals surface area contributed by atoms with Crippen LogP contribution in [-0.2, 0) is 35.5 Å². The van der Waals surface area contributed by atoms with Gasteiger partial charge in [-0.2, -0.15) is 5.09 Å². The monoisotopic (exact) mass is 625 g/mol. The van der Waals surface area contributed by atoms with E-state index < -0.39 is 25.3 Å². The lowest BCUT2D eigenvalue weighted by atomic mass is 9.94. The van der Waals surface area contributed by atoms with Gasteiger partial charge in [0.25, 0.3) is 0 Å². The average molecular weight is 626 g/mol. The van der Waals surface area contributed by atoms with Crippen molar-refractivity contribution >= 4 is 41.5 Å². The van der Waals surface area contributed by atoms with E-state index in [2.05, 4.69) is 21.6 Å². The topological polar surface area (TPSA) is 140 Å². The summed E-state index contributed by atoms with van der Waals surface area (Å²) in [7, 11) is -4.13. The highest BCUT2D eigenvalue weighted by Gasteiger charge is 2.39. The molecule has 0 unspecified atom stereocenters. The third-order valence-electron chi connectivity index (χ3n) is 7.21. The number of esters is 1. The molecule has 0 amide bonds. The molecule has 0 radical (unpaired) electrons. The van der Waals surface area contributed by atoms with E-state index in [1.165, 1.54) is 0 Å². The van der Waals surface area contributed by atoms with E-state index >= 15 is 0 Å². The molecule has 12 heteroatoms. The van der Waals surface area contributed by atoms with Crippen molar-refractivity contribution in [2.75, 3.05) is 18.9 Å². The molecular formula is C32H44N5O6P. The first-order chi connectivity index (χ1) is 21.0. The van der Waals surface area contributed by atoms with Gasteiger partial charge in [0, 0.05) is 12.0 Å². The third kappa shape index (κ3) is 7.77. The van der Waals surface area contributed by atoms with Crippen LogP contribution in [0.15, 0.2) is 54.6 Å². The summed E-state index contributed by atoms with van der Waals surface area (Å²) in [6.07, 6.45) is 2.08. The second kappa shape index (κ2) is 14.5. The van der Waals surface area contributed by atoms with Crippen molar-refractivity contribution in [1.82, 2.24) is 19.6 Å². The molecule has 4 aromatic rings. The SMILES string of the molecule is CCCC[C@](C)(CO[P@@](=O)(N[C@@H](C)C(=O)OC(C)C)Oc1ccccc1)n1c(COCC)nc2c(N)nc3ccccc3c21. The maximum absolute atomic E-state index is 14.4. The predicted octanol–water partition coefficient (Wildman–Crippen LogP) is 6.74. The lowest BCUT2D eigenvalue weighted by molar-refractivity contribution is -0.149. The van der Waals surface area contributed by atoms with Gasteiger partial charge in [0.1, 0.15) is 29.7 Å². The number of nitrogens with zero attached hydrogens (tertiary/aromatic N) is 3. The van der Waals surface area contributed by atoms with Crippen molar-refractivity contribution in [2.45, 2.75) is 85.1 Å². The number of aromatic nitrogens is 3. The molecule has 0 aliphatic carbocycles. The summed E-state index contributed by atoms with van der Waals surface area (Å²) in [5.41, 5.74) is 7.75. The van der Waals surface area contributed by atoms with E-state index in [4.69, 9.17) is 29.2 Å². The number of nitrogens with two attached hydrogens (primary N) is 1. The number of hydrogen-bond acceptors (Lipinski definition) is 9. The molecule has 0 saturated carbocycles. The van der Waals surface area contributed by atoms with Crippen LogP contribution in [0.2, 0.25) is 0 Å². The first-order valence-electron chi connectivity index (χ1n) is 15.1. The standard InChI is InChI=1S/C32H44N5O6P/c1-7-9-19-32(6,21-41-44(39,43-24-15-11-10-12-16-24)36-23(5)31(38)42-22(3)4)37-27(20-40-8-2)35-28-29(37)25-17-13-14-18-26(25)34-30(28)33/h10-18,22-23H,7-9,19-21H2,1-6H3,(H2,33,34)(H,36,39)/t23-,32+,44-/m0/s1. The number of unbranched alkanes of at least 4 members (excludes halogenated alkanes) is 1. The number of nitrogen functional groups attached to an aromatic ring is 1. The van der Waals surface area contributed by atoms with Gasteiger partial charge in [-0.15, -0.1) is 0 Å². The summed E-state index contributed by atoms with van der Waals surface area (Å²) in [6.45, 7) is 11.8. The lowest BCUT2D eigenvalue weighted by Crippen LogP contribution is -2.40. The van der Waals surface area contributed by atoms with E-state index in [-0.39, 0.29) is 19.3 Å². The van der Waals surface area contributed by atoms with Crippen LogP contribution in [0.3, 0.4) is 0 Å². The fourth-order valence-electron chi connectivity index (χ4n) is 5.08. The Hall–Kier alpha value is -3.50. The lowest BCUT2D eigenvalue weighted by Gasteiger charge is -2.35. The molecule has 0 saturated heterocycles. The Balaban J connectivity index is 1.81. The number of rotatable bonds is 16. The number of carbonyl (C=O) groups is 1. The highest BCUT2D eigenvalue weighted by atomic mass is 31.2. The Morgan fingerprint density at radius 1 is 1.07 bits per heavy atom. The Kier molecular flexibility index (Phi) is 11.0. The number of anilines is 1. The smallest absolute Gasteiger partial charge is 0.459 e.